The van der Waals surface area contributed by atoms with Crippen molar-refractivity contribution in [3.8, 4) is 0 Å². The molecule has 30 heavy (non-hydrogen) atoms. The number of benzene rings is 1. The summed E-state index contributed by atoms with van der Waals surface area (Å²) in [5.41, 5.74) is 1.82. The molecule has 3 amide bonds. The van der Waals surface area contributed by atoms with Crippen LogP contribution in [0.3, 0.4) is 0 Å². The van der Waals surface area contributed by atoms with Crippen LogP contribution in [0.25, 0.3) is 0 Å². The zero-order chi connectivity index (χ0) is 21.7. The summed E-state index contributed by atoms with van der Waals surface area (Å²) in [5, 5.41) is 15.3. The van der Waals surface area contributed by atoms with Crippen molar-refractivity contribution in [1.29, 1.82) is 0 Å². The topological polar surface area (TPSA) is 112 Å². The molecule has 8 heteroatoms. The molecule has 1 aliphatic rings. The minimum Gasteiger partial charge on any atom is -0.466 e. The van der Waals surface area contributed by atoms with Gasteiger partial charge in [0.05, 0.1) is 6.10 Å². The molecule has 0 bridgehead atoms. The second-order valence-corrected chi connectivity index (χ2v) is 7.44. The van der Waals surface area contributed by atoms with Crippen LogP contribution < -0.4 is 15.5 Å². The molecule has 2 heterocycles. The number of nitrogens with one attached hydrogen (secondary N) is 2. The summed E-state index contributed by atoms with van der Waals surface area (Å²) < 4.78 is 5.39. The van der Waals surface area contributed by atoms with Crippen molar-refractivity contribution in [3.63, 3.8) is 0 Å². The van der Waals surface area contributed by atoms with Crippen molar-refractivity contribution in [2.24, 2.45) is 0 Å². The van der Waals surface area contributed by atoms with Crippen molar-refractivity contribution >= 4 is 29.1 Å². The molecule has 8 nitrogen and oxygen atoms in total. The van der Waals surface area contributed by atoms with Crippen LogP contribution in [0, 0.1) is 13.8 Å². The molecule has 1 aromatic carbocycles. The number of rotatable bonds is 6. The van der Waals surface area contributed by atoms with E-state index in [4.69, 9.17) is 4.42 Å². The average Bonchev–Trinajstić information content (AvgIpc) is 3.06. The summed E-state index contributed by atoms with van der Waals surface area (Å²) in [4.78, 5) is 38.1. The third-order valence-corrected chi connectivity index (χ3v) is 5.09. The highest BCUT2D eigenvalue weighted by Gasteiger charge is 2.21. The number of aliphatic hydroxyl groups excluding tert-OH is 1. The van der Waals surface area contributed by atoms with Crippen LogP contribution in [0.15, 0.2) is 34.7 Å². The Kier molecular flexibility index (Phi) is 6.89. The summed E-state index contributed by atoms with van der Waals surface area (Å²) in [6.45, 7) is 4.35. The largest absolute Gasteiger partial charge is 0.466 e. The Morgan fingerprint density at radius 3 is 2.70 bits per heavy atom. The van der Waals surface area contributed by atoms with Gasteiger partial charge in [-0.25, -0.2) is 0 Å². The van der Waals surface area contributed by atoms with Gasteiger partial charge in [0.15, 0.2) is 0 Å². The van der Waals surface area contributed by atoms with E-state index < -0.39 is 17.9 Å². The molecule has 1 fully saturated rings. The van der Waals surface area contributed by atoms with Crippen molar-refractivity contribution in [2.75, 3.05) is 23.3 Å². The van der Waals surface area contributed by atoms with Gasteiger partial charge in [-0.05, 0) is 57.4 Å². The van der Waals surface area contributed by atoms with E-state index in [0.717, 1.165) is 12.8 Å². The Bertz CT molecular complexity index is 937. The first-order chi connectivity index (χ1) is 14.3. The number of aryl methyl sites for hydroxylation is 2. The number of nitrogens with zero attached hydrogens (tertiary/aromatic N) is 1. The smallest absolute Gasteiger partial charge is 0.313 e. The van der Waals surface area contributed by atoms with Gasteiger partial charge in [-0.2, -0.15) is 0 Å². The molecule has 0 spiro atoms. The first kappa shape index (κ1) is 21.6. The fourth-order valence-electron chi connectivity index (χ4n) is 3.56. The minimum absolute atomic E-state index is 0.0593. The van der Waals surface area contributed by atoms with Crippen LogP contribution in [0.2, 0.25) is 0 Å². The molecule has 160 valence electrons. The molecule has 2 aromatic rings. The molecule has 3 N–H and O–H groups in total. The standard InChI is InChI=1S/C22H27N3O5/c1-14-12-18(15(2)30-14)19(26)9-10-23-21(28)22(29)24-16-6-5-7-17(13-16)25-11-4-3-8-20(25)27/h5-7,12-13,19,26H,3-4,8-11H2,1-2H3,(H,23,28)(H,24,29). The van der Waals surface area contributed by atoms with Crippen LogP contribution in [0.5, 0.6) is 0 Å². The van der Waals surface area contributed by atoms with Crippen LogP contribution in [0.4, 0.5) is 11.4 Å². The van der Waals surface area contributed by atoms with Gasteiger partial charge in [0.25, 0.3) is 0 Å². The Morgan fingerprint density at radius 1 is 1.20 bits per heavy atom. The van der Waals surface area contributed by atoms with E-state index in [1.165, 1.54) is 0 Å². The van der Waals surface area contributed by atoms with Crippen LogP contribution in [0.1, 0.15) is 48.9 Å². The number of hydrogen-bond acceptors (Lipinski definition) is 5. The quantitative estimate of drug-likeness (QED) is 0.630. The molecular weight excluding hydrogens is 386 g/mol. The molecule has 0 aliphatic carbocycles. The number of amides is 3. The Hall–Kier alpha value is -3.13. The number of anilines is 2. The molecule has 1 aromatic heterocycles. The number of furan rings is 1. The lowest BCUT2D eigenvalue weighted by atomic mass is 10.1. The number of carbonyl (C=O) groups excluding carboxylic acids is 3. The predicted molar refractivity (Wildman–Crippen MR) is 112 cm³/mol. The molecule has 1 atom stereocenters. The SMILES string of the molecule is Cc1cc(C(O)CCNC(=O)C(=O)Nc2cccc(N3CCCCC3=O)c2)c(C)o1. The van der Waals surface area contributed by atoms with E-state index in [9.17, 15) is 19.5 Å². The average molecular weight is 413 g/mol. The zero-order valence-electron chi connectivity index (χ0n) is 17.2. The van der Waals surface area contributed by atoms with Crippen LogP contribution >= 0.6 is 0 Å². The maximum atomic E-state index is 12.2. The molecular formula is C22H27N3O5. The molecule has 1 aliphatic heterocycles. The Labute approximate surface area is 175 Å². The fourth-order valence-corrected chi connectivity index (χ4v) is 3.56. The van der Waals surface area contributed by atoms with Crippen molar-refractivity contribution in [2.45, 2.75) is 45.6 Å². The highest BCUT2D eigenvalue weighted by atomic mass is 16.3. The van der Waals surface area contributed by atoms with E-state index >= 15 is 0 Å². The normalized spacial score (nSPS) is 15.0. The van der Waals surface area contributed by atoms with E-state index in [-0.39, 0.29) is 18.9 Å². The van der Waals surface area contributed by atoms with Gasteiger partial charge in [0, 0.05) is 36.4 Å². The molecule has 1 saturated heterocycles. The maximum absolute atomic E-state index is 12.2. The zero-order valence-corrected chi connectivity index (χ0v) is 17.2. The monoisotopic (exact) mass is 413 g/mol. The lowest BCUT2D eigenvalue weighted by Crippen LogP contribution is -2.36. The Balaban J connectivity index is 1.50. The number of hydrogen-bond donors (Lipinski definition) is 3. The van der Waals surface area contributed by atoms with Gasteiger partial charge in [-0.3, -0.25) is 14.4 Å². The lowest BCUT2D eigenvalue weighted by molar-refractivity contribution is -0.136. The molecule has 0 saturated carbocycles. The van der Waals surface area contributed by atoms with Gasteiger partial charge in [-0.15, -0.1) is 0 Å². The van der Waals surface area contributed by atoms with Gasteiger partial charge < -0.3 is 25.1 Å². The fraction of sp³-hybridized carbons (Fsp3) is 0.409. The maximum Gasteiger partial charge on any atom is 0.313 e. The van der Waals surface area contributed by atoms with E-state index in [1.807, 2.05) is 0 Å². The summed E-state index contributed by atoms with van der Waals surface area (Å²) in [5.74, 6) is -0.192. The summed E-state index contributed by atoms with van der Waals surface area (Å²) in [7, 11) is 0. The van der Waals surface area contributed by atoms with Crippen LogP contribution in [-0.2, 0) is 14.4 Å². The van der Waals surface area contributed by atoms with Crippen LogP contribution in [-0.4, -0.2) is 35.9 Å². The molecule has 3 rings (SSSR count). The predicted octanol–water partition coefficient (Wildman–Crippen LogP) is 2.59. The first-order valence-electron chi connectivity index (χ1n) is 10.1. The van der Waals surface area contributed by atoms with Crippen molar-refractivity contribution in [3.05, 3.63) is 47.4 Å². The van der Waals surface area contributed by atoms with E-state index in [0.29, 0.717) is 41.4 Å². The number of aliphatic hydroxyl groups is 1. The minimum atomic E-state index is -0.804. The number of carbonyl (C=O) groups is 3. The highest BCUT2D eigenvalue weighted by Crippen LogP contribution is 2.24. The van der Waals surface area contributed by atoms with Gasteiger partial charge >= 0.3 is 11.8 Å². The molecule has 0 radical (unpaired) electrons. The third kappa shape index (κ3) is 5.27. The Morgan fingerprint density at radius 2 is 2.00 bits per heavy atom. The summed E-state index contributed by atoms with van der Waals surface area (Å²) in [6.07, 6.45) is 1.81. The highest BCUT2D eigenvalue weighted by molar-refractivity contribution is 6.39. The van der Waals surface area contributed by atoms with E-state index in [2.05, 4.69) is 10.6 Å². The first-order valence-corrected chi connectivity index (χ1v) is 10.1. The second-order valence-electron chi connectivity index (χ2n) is 7.44. The summed E-state index contributed by atoms with van der Waals surface area (Å²) in [6, 6.07) is 8.64. The van der Waals surface area contributed by atoms with Gasteiger partial charge in [0.2, 0.25) is 5.91 Å². The van der Waals surface area contributed by atoms with E-state index in [1.54, 1.807) is 49.1 Å². The molecule has 1 unspecified atom stereocenters. The third-order valence-electron chi connectivity index (χ3n) is 5.09. The van der Waals surface area contributed by atoms with Gasteiger partial charge in [-0.1, -0.05) is 6.07 Å². The lowest BCUT2D eigenvalue weighted by Gasteiger charge is -2.27. The van der Waals surface area contributed by atoms with Crippen molar-refractivity contribution < 1.29 is 23.9 Å². The van der Waals surface area contributed by atoms with Gasteiger partial charge in [0.1, 0.15) is 11.5 Å². The summed E-state index contributed by atoms with van der Waals surface area (Å²) >= 11 is 0. The second kappa shape index (κ2) is 9.58. The van der Waals surface area contributed by atoms with Crippen molar-refractivity contribution in [1.82, 2.24) is 5.32 Å². The number of piperidine rings is 1.